The van der Waals surface area contributed by atoms with Crippen LogP contribution in [0.3, 0.4) is 0 Å². The smallest absolute Gasteiger partial charge is 0.0575 e. The maximum Gasteiger partial charge on any atom is 0.0575 e. The third-order valence-electron chi connectivity index (χ3n) is 5.92. The highest BCUT2D eigenvalue weighted by Gasteiger charge is 2.34. The molecule has 2 rings (SSSR count). The summed E-state index contributed by atoms with van der Waals surface area (Å²) in [5.41, 5.74) is 0. The number of rotatable bonds is 6. The Morgan fingerprint density at radius 2 is 1.65 bits per heavy atom. The van der Waals surface area contributed by atoms with Gasteiger partial charge in [0.05, 0.1) is 6.10 Å². The van der Waals surface area contributed by atoms with E-state index in [4.69, 9.17) is 4.74 Å². The predicted octanol–water partition coefficient (Wildman–Crippen LogP) is 5.82. The summed E-state index contributed by atoms with van der Waals surface area (Å²) >= 11 is 0. The molecule has 2 aliphatic rings. The van der Waals surface area contributed by atoms with Gasteiger partial charge in [-0.2, -0.15) is 0 Å². The summed E-state index contributed by atoms with van der Waals surface area (Å²) in [6.45, 7) is 8.05. The van der Waals surface area contributed by atoms with Crippen molar-refractivity contribution in [3.63, 3.8) is 0 Å². The van der Waals surface area contributed by atoms with E-state index in [2.05, 4.69) is 20.8 Å². The fourth-order valence-electron chi connectivity index (χ4n) is 4.87. The van der Waals surface area contributed by atoms with E-state index >= 15 is 0 Å². The molecule has 0 N–H and O–H groups in total. The standard InChI is InChI=1S/C19H36O/c1-4-6-16-7-12-19(15(3)14-16)17-8-10-18(11-9-17)20-13-5-2/h15-19H,4-14H2,1-3H3. The van der Waals surface area contributed by atoms with Crippen molar-refractivity contribution in [3.05, 3.63) is 0 Å². The molecule has 0 aromatic heterocycles. The summed E-state index contributed by atoms with van der Waals surface area (Å²) in [5, 5.41) is 0. The lowest BCUT2D eigenvalue weighted by Gasteiger charge is -2.41. The molecule has 0 heterocycles. The zero-order chi connectivity index (χ0) is 14.4. The van der Waals surface area contributed by atoms with Gasteiger partial charge in [-0.15, -0.1) is 0 Å². The number of hydrogen-bond acceptors (Lipinski definition) is 1. The van der Waals surface area contributed by atoms with Gasteiger partial charge in [-0.3, -0.25) is 0 Å². The molecule has 2 fully saturated rings. The molecule has 0 aromatic carbocycles. The average Bonchev–Trinajstić information content (AvgIpc) is 2.46. The van der Waals surface area contributed by atoms with Crippen LogP contribution in [0, 0.1) is 23.7 Å². The second kappa shape index (κ2) is 8.41. The molecule has 0 saturated heterocycles. The van der Waals surface area contributed by atoms with Crippen LogP contribution in [0.4, 0.5) is 0 Å². The van der Waals surface area contributed by atoms with Crippen molar-refractivity contribution in [2.75, 3.05) is 6.61 Å². The Hall–Kier alpha value is -0.0400. The SMILES string of the molecule is CCCOC1CCC(C2CCC(CCC)CC2C)CC1. The minimum Gasteiger partial charge on any atom is -0.378 e. The lowest BCUT2D eigenvalue weighted by Crippen LogP contribution is -2.33. The quantitative estimate of drug-likeness (QED) is 0.595. The van der Waals surface area contributed by atoms with Crippen LogP contribution in [-0.2, 0) is 4.74 Å². The maximum absolute atomic E-state index is 5.94. The highest BCUT2D eigenvalue weighted by Crippen LogP contribution is 2.44. The molecule has 1 heteroatoms. The number of ether oxygens (including phenoxy) is 1. The third-order valence-corrected chi connectivity index (χ3v) is 5.92. The van der Waals surface area contributed by atoms with E-state index < -0.39 is 0 Å². The second-order valence-corrected chi connectivity index (χ2v) is 7.52. The van der Waals surface area contributed by atoms with Crippen molar-refractivity contribution in [2.45, 2.75) is 91.1 Å². The van der Waals surface area contributed by atoms with Crippen LogP contribution >= 0.6 is 0 Å². The Labute approximate surface area is 126 Å². The topological polar surface area (TPSA) is 9.23 Å². The molecule has 0 aromatic rings. The molecule has 0 bridgehead atoms. The van der Waals surface area contributed by atoms with Crippen LogP contribution < -0.4 is 0 Å². The van der Waals surface area contributed by atoms with Gasteiger partial charge in [-0.1, -0.05) is 40.0 Å². The molecule has 2 saturated carbocycles. The van der Waals surface area contributed by atoms with E-state index in [1.54, 1.807) is 0 Å². The molecule has 118 valence electrons. The predicted molar refractivity (Wildman–Crippen MR) is 86.9 cm³/mol. The number of hydrogen-bond donors (Lipinski definition) is 0. The molecule has 0 aliphatic heterocycles. The van der Waals surface area contributed by atoms with Crippen LogP contribution in [0.25, 0.3) is 0 Å². The largest absolute Gasteiger partial charge is 0.378 e. The van der Waals surface area contributed by atoms with Gasteiger partial charge in [0.15, 0.2) is 0 Å². The monoisotopic (exact) mass is 280 g/mol. The molecule has 20 heavy (non-hydrogen) atoms. The second-order valence-electron chi connectivity index (χ2n) is 7.52. The molecule has 2 aliphatic carbocycles. The van der Waals surface area contributed by atoms with Crippen LogP contribution in [0.2, 0.25) is 0 Å². The Bertz CT molecular complexity index is 254. The van der Waals surface area contributed by atoms with Gasteiger partial charge < -0.3 is 4.74 Å². The molecule has 0 spiro atoms. The molecular weight excluding hydrogens is 244 g/mol. The first kappa shape index (κ1) is 16.3. The minimum atomic E-state index is 0.581. The molecule has 1 nitrogen and oxygen atoms in total. The Morgan fingerprint density at radius 3 is 2.25 bits per heavy atom. The van der Waals surface area contributed by atoms with Gasteiger partial charge in [0, 0.05) is 6.61 Å². The Morgan fingerprint density at radius 1 is 0.900 bits per heavy atom. The normalized spacial score (nSPS) is 38.9. The van der Waals surface area contributed by atoms with E-state index in [1.165, 1.54) is 64.2 Å². The minimum absolute atomic E-state index is 0.581. The van der Waals surface area contributed by atoms with Crippen molar-refractivity contribution in [2.24, 2.45) is 23.7 Å². The van der Waals surface area contributed by atoms with Crippen molar-refractivity contribution in [3.8, 4) is 0 Å². The zero-order valence-electron chi connectivity index (χ0n) is 14.1. The van der Waals surface area contributed by atoms with Gasteiger partial charge in [0.2, 0.25) is 0 Å². The summed E-state index contributed by atoms with van der Waals surface area (Å²) < 4.78 is 5.94. The van der Waals surface area contributed by atoms with Gasteiger partial charge in [0.1, 0.15) is 0 Å². The summed E-state index contributed by atoms with van der Waals surface area (Å²) in [4.78, 5) is 0. The van der Waals surface area contributed by atoms with Crippen molar-refractivity contribution in [1.29, 1.82) is 0 Å². The van der Waals surface area contributed by atoms with Crippen molar-refractivity contribution in [1.82, 2.24) is 0 Å². The molecule has 0 amide bonds. The van der Waals surface area contributed by atoms with Crippen molar-refractivity contribution >= 4 is 0 Å². The molecule has 3 atom stereocenters. The highest BCUT2D eigenvalue weighted by molar-refractivity contribution is 4.85. The Balaban J connectivity index is 1.73. The first-order valence-electron chi connectivity index (χ1n) is 9.36. The maximum atomic E-state index is 5.94. The summed E-state index contributed by atoms with van der Waals surface area (Å²) in [6.07, 6.45) is 14.6. The van der Waals surface area contributed by atoms with E-state index in [9.17, 15) is 0 Å². The van der Waals surface area contributed by atoms with Crippen LogP contribution in [0.5, 0.6) is 0 Å². The fourth-order valence-corrected chi connectivity index (χ4v) is 4.87. The third kappa shape index (κ3) is 4.48. The van der Waals surface area contributed by atoms with E-state index in [1.807, 2.05) is 0 Å². The summed E-state index contributed by atoms with van der Waals surface area (Å²) in [5.74, 6) is 4.04. The van der Waals surface area contributed by atoms with Gasteiger partial charge in [-0.25, -0.2) is 0 Å². The Kier molecular flexibility index (Phi) is 6.87. The first-order chi connectivity index (χ1) is 9.74. The van der Waals surface area contributed by atoms with Crippen LogP contribution in [-0.4, -0.2) is 12.7 Å². The first-order valence-corrected chi connectivity index (χ1v) is 9.36. The summed E-state index contributed by atoms with van der Waals surface area (Å²) in [7, 11) is 0. The van der Waals surface area contributed by atoms with Gasteiger partial charge in [0.25, 0.3) is 0 Å². The van der Waals surface area contributed by atoms with Crippen LogP contribution in [0.1, 0.15) is 85.0 Å². The summed E-state index contributed by atoms with van der Waals surface area (Å²) in [6, 6.07) is 0. The fraction of sp³-hybridized carbons (Fsp3) is 1.00. The average molecular weight is 280 g/mol. The van der Waals surface area contributed by atoms with Crippen molar-refractivity contribution < 1.29 is 4.74 Å². The zero-order valence-corrected chi connectivity index (χ0v) is 14.1. The van der Waals surface area contributed by atoms with Crippen LogP contribution in [0.15, 0.2) is 0 Å². The van der Waals surface area contributed by atoms with E-state index in [0.717, 1.165) is 30.3 Å². The van der Waals surface area contributed by atoms with E-state index in [-0.39, 0.29) is 0 Å². The lowest BCUT2D eigenvalue weighted by molar-refractivity contribution is 0.000527. The lowest BCUT2D eigenvalue weighted by atomic mass is 9.65. The molecule has 0 radical (unpaired) electrons. The van der Waals surface area contributed by atoms with Gasteiger partial charge in [-0.05, 0) is 68.6 Å². The van der Waals surface area contributed by atoms with Gasteiger partial charge >= 0.3 is 0 Å². The molecular formula is C19H36O. The highest BCUT2D eigenvalue weighted by atomic mass is 16.5. The molecule has 3 unspecified atom stereocenters. The van der Waals surface area contributed by atoms with E-state index in [0.29, 0.717) is 6.10 Å².